The summed E-state index contributed by atoms with van der Waals surface area (Å²) in [7, 11) is 1.57. The predicted molar refractivity (Wildman–Crippen MR) is 161 cm³/mol. The predicted octanol–water partition coefficient (Wildman–Crippen LogP) is 3.33. The van der Waals surface area contributed by atoms with E-state index in [0.717, 1.165) is 71.3 Å². The van der Waals surface area contributed by atoms with Crippen LogP contribution in [0.5, 0.6) is 5.75 Å². The zero-order valence-electron chi connectivity index (χ0n) is 23.7. The smallest absolute Gasteiger partial charge is 0.255 e. The van der Waals surface area contributed by atoms with Crippen molar-refractivity contribution in [1.82, 2.24) is 15.1 Å². The second kappa shape index (κ2) is 14.1. The van der Waals surface area contributed by atoms with Gasteiger partial charge in [0.15, 0.2) is 0 Å². The third-order valence-electron chi connectivity index (χ3n) is 7.61. The lowest BCUT2D eigenvalue weighted by molar-refractivity contribution is 0.0383. The molecule has 2 heterocycles. The van der Waals surface area contributed by atoms with Crippen molar-refractivity contribution in [1.29, 1.82) is 0 Å². The Morgan fingerprint density at radius 1 is 0.829 bits per heavy atom. The fourth-order valence-corrected chi connectivity index (χ4v) is 5.28. The quantitative estimate of drug-likeness (QED) is 0.396. The number of ether oxygens (including phenoxy) is 2. The molecule has 3 aromatic carbocycles. The number of anilines is 2. The first kappa shape index (κ1) is 28.6. The highest BCUT2D eigenvalue weighted by Gasteiger charge is 2.23. The lowest BCUT2D eigenvalue weighted by Crippen LogP contribution is -2.46. The van der Waals surface area contributed by atoms with Gasteiger partial charge in [0.1, 0.15) is 5.75 Å². The standard InChI is InChI=1S/C32H39N5O4/c1-40-28-9-5-8-26(22-28)31(38)34-27-10-11-30(29(23-27)32(39)33-12-13-35-18-20-41-21-19-35)37-16-14-36(15-17-37)24-25-6-3-2-4-7-25/h2-11,22-23H,12-21,24H2,1H3,(H,33,39)(H,34,38). The van der Waals surface area contributed by atoms with Crippen LogP contribution in [0, 0.1) is 0 Å². The molecule has 41 heavy (non-hydrogen) atoms. The van der Waals surface area contributed by atoms with Gasteiger partial charge in [0, 0.05) is 75.8 Å². The van der Waals surface area contributed by atoms with Gasteiger partial charge in [0.05, 0.1) is 25.9 Å². The molecule has 3 aromatic rings. The Morgan fingerprint density at radius 3 is 2.37 bits per heavy atom. The van der Waals surface area contributed by atoms with Crippen LogP contribution in [-0.4, -0.2) is 94.3 Å². The van der Waals surface area contributed by atoms with Crippen LogP contribution in [0.1, 0.15) is 26.3 Å². The van der Waals surface area contributed by atoms with Crippen LogP contribution in [0.4, 0.5) is 11.4 Å². The van der Waals surface area contributed by atoms with Crippen molar-refractivity contribution in [3.05, 3.63) is 89.5 Å². The van der Waals surface area contributed by atoms with E-state index in [4.69, 9.17) is 9.47 Å². The number of carbonyl (C=O) groups excluding carboxylic acids is 2. The largest absolute Gasteiger partial charge is 0.497 e. The highest BCUT2D eigenvalue weighted by Crippen LogP contribution is 2.27. The number of benzene rings is 3. The molecule has 2 aliphatic rings. The van der Waals surface area contributed by atoms with E-state index in [1.54, 1.807) is 37.4 Å². The van der Waals surface area contributed by atoms with Gasteiger partial charge in [-0.1, -0.05) is 36.4 Å². The number of piperazine rings is 1. The molecular formula is C32H39N5O4. The van der Waals surface area contributed by atoms with E-state index in [2.05, 4.69) is 49.6 Å². The van der Waals surface area contributed by atoms with E-state index >= 15 is 0 Å². The number of amides is 2. The van der Waals surface area contributed by atoms with Gasteiger partial charge < -0.3 is 25.0 Å². The number of hydrogen-bond donors (Lipinski definition) is 2. The number of hydrogen-bond acceptors (Lipinski definition) is 7. The van der Waals surface area contributed by atoms with E-state index in [9.17, 15) is 9.59 Å². The van der Waals surface area contributed by atoms with E-state index in [-0.39, 0.29) is 11.8 Å². The van der Waals surface area contributed by atoms with Crippen molar-refractivity contribution < 1.29 is 19.1 Å². The summed E-state index contributed by atoms with van der Waals surface area (Å²) >= 11 is 0. The molecule has 0 unspecified atom stereocenters. The molecule has 216 valence electrons. The number of nitrogens with zero attached hydrogens (tertiary/aromatic N) is 3. The Balaban J connectivity index is 1.28. The van der Waals surface area contributed by atoms with E-state index in [1.165, 1.54) is 5.56 Å². The molecule has 5 rings (SSSR count). The minimum Gasteiger partial charge on any atom is -0.497 e. The zero-order valence-corrected chi connectivity index (χ0v) is 23.7. The van der Waals surface area contributed by atoms with Crippen molar-refractivity contribution in [3.63, 3.8) is 0 Å². The van der Waals surface area contributed by atoms with Gasteiger partial charge in [-0.25, -0.2) is 0 Å². The number of rotatable bonds is 10. The molecule has 2 fully saturated rings. The average Bonchev–Trinajstić information content (AvgIpc) is 3.02. The number of methoxy groups -OCH3 is 1. The molecule has 0 atom stereocenters. The molecule has 0 saturated carbocycles. The summed E-state index contributed by atoms with van der Waals surface area (Å²) in [5.41, 5.74) is 3.80. The Morgan fingerprint density at radius 2 is 1.61 bits per heavy atom. The van der Waals surface area contributed by atoms with E-state index in [1.807, 2.05) is 18.2 Å². The van der Waals surface area contributed by atoms with Crippen molar-refractivity contribution >= 4 is 23.2 Å². The molecule has 2 amide bonds. The summed E-state index contributed by atoms with van der Waals surface area (Å²) in [6.07, 6.45) is 0. The molecule has 0 aromatic heterocycles. The van der Waals surface area contributed by atoms with Gasteiger partial charge in [-0.3, -0.25) is 19.4 Å². The summed E-state index contributed by atoms with van der Waals surface area (Å²) in [6, 6.07) is 23.1. The van der Waals surface area contributed by atoms with Crippen LogP contribution in [0.3, 0.4) is 0 Å². The van der Waals surface area contributed by atoms with Crippen molar-refractivity contribution in [2.75, 3.05) is 82.9 Å². The Bertz CT molecular complexity index is 1300. The summed E-state index contributed by atoms with van der Waals surface area (Å²) in [6.45, 7) is 8.87. The van der Waals surface area contributed by atoms with Gasteiger partial charge in [0.2, 0.25) is 0 Å². The van der Waals surface area contributed by atoms with Gasteiger partial charge >= 0.3 is 0 Å². The van der Waals surface area contributed by atoms with Gasteiger partial charge in [-0.15, -0.1) is 0 Å². The minimum atomic E-state index is -0.259. The van der Waals surface area contributed by atoms with Crippen LogP contribution in [0.25, 0.3) is 0 Å². The van der Waals surface area contributed by atoms with Crippen LogP contribution in [0.2, 0.25) is 0 Å². The summed E-state index contributed by atoms with van der Waals surface area (Å²) in [5.74, 6) is 0.210. The minimum absolute atomic E-state index is 0.141. The molecule has 9 heteroatoms. The summed E-state index contributed by atoms with van der Waals surface area (Å²) in [4.78, 5) is 33.5. The zero-order chi connectivity index (χ0) is 28.4. The van der Waals surface area contributed by atoms with E-state index < -0.39 is 0 Å². The molecule has 0 bridgehead atoms. The monoisotopic (exact) mass is 557 g/mol. The maximum atomic E-state index is 13.5. The number of carbonyl (C=O) groups is 2. The molecular weight excluding hydrogens is 518 g/mol. The normalized spacial score (nSPS) is 16.3. The first-order valence-corrected chi connectivity index (χ1v) is 14.3. The third-order valence-corrected chi connectivity index (χ3v) is 7.61. The van der Waals surface area contributed by atoms with Crippen LogP contribution in [0.15, 0.2) is 72.8 Å². The van der Waals surface area contributed by atoms with Crippen LogP contribution < -0.4 is 20.3 Å². The van der Waals surface area contributed by atoms with Crippen molar-refractivity contribution in [3.8, 4) is 5.75 Å². The van der Waals surface area contributed by atoms with Gasteiger partial charge in [-0.2, -0.15) is 0 Å². The second-order valence-electron chi connectivity index (χ2n) is 10.4. The van der Waals surface area contributed by atoms with Crippen molar-refractivity contribution in [2.45, 2.75) is 6.54 Å². The first-order chi connectivity index (χ1) is 20.1. The fraction of sp³-hybridized carbons (Fsp3) is 0.375. The topological polar surface area (TPSA) is 86.4 Å². The van der Waals surface area contributed by atoms with Crippen molar-refractivity contribution in [2.24, 2.45) is 0 Å². The molecule has 2 aliphatic heterocycles. The molecule has 9 nitrogen and oxygen atoms in total. The van der Waals surface area contributed by atoms with Crippen LogP contribution >= 0.6 is 0 Å². The fourth-order valence-electron chi connectivity index (χ4n) is 5.28. The molecule has 2 saturated heterocycles. The summed E-state index contributed by atoms with van der Waals surface area (Å²) < 4.78 is 10.7. The Labute approximate surface area is 242 Å². The van der Waals surface area contributed by atoms with Gasteiger partial charge in [0.25, 0.3) is 11.8 Å². The first-order valence-electron chi connectivity index (χ1n) is 14.3. The second-order valence-corrected chi connectivity index (χ2v) is 10.4. The Hall–Kier alpha value is -3.92. The lowest BCUT2D eigenvalue weighted by atomic mass is 10.1. The number of nitrogens with one attached hydrogen (secondary N) is 2. The highest BCUT2D eigenvalue weighted by atomic mass is 16.5. The maximum absolute atomic E-state index is 13.5. The molecule has 0 spiro atoms. The number of morpholine rings is 1. The van der Waals surface area contributed by atoms with Crippen LogP contribution in [-0.2, 0) is 11.3 Å². The molecule has 0 aliphatic carbocycles. The highest BCUT2D eigenvalue weighted by molar-refractivity contribution is 6.06. The summed E-state index contributed by atoms with van der Waals surface area (Å²) in [5, 5.41) is 6.06. The lowest BCUT2D eigenvalue weighted by Gasteiger charge is -2.37. The Kier molecular flexibility index (Phi) is 9.85. The third kappa shape index (κ3) is 7.85. The molecule has 0 radical (unpaired) electrons. The average molecular weight is 558 g/mol. The van der Waals surface area contributed by atoms with E-state index in [0.29, 0.717) is 29.1 Å². The SMILES string of the molecule is COc1cccc(C(=O)Nc2ccc(N3CCN(Cc4ccccc4)CC3)c(C(=O)NCCN3CCOCC3)c2)c1. The maximum Gasteiger partial charge on any atom is 0.255 e. The van der Waals surface area contributed by atoms with Gasteiger partial charge in [-0.05, 0) is 42.0 Å². The molecule has 2 N–H and O–H groups in total.